The standard InChI is InChI=1S/C10H14N4O4/c1-6-4-7(18-3)12-9(11-6)13-10(17)14(2)5-8(15)16/h4H,5H2,1-3H3,(H,15,16)(H,11,12,13,17). The van der Waals surface area contributed by atoms with E-state index in [9.17, 15) is 9.59 Å². The predicted molar refractivity (Wildman–Crippen MR) is 62.6 cm³/mol. The van der Waals surface area contributed by atoms with Crippen LogP contribution in [-0.4, -0.2) is 52.7 Å². The molecule has 0 fully saturated rings. The van der Waals surface area contributed by atoms with Gasteiger partial charge in [0.2, 0.25) is 11.8 Å². The molecular weight excluding hydrogens is 240 g/mol. The van der Waals surface area contributed by atoms with E-state index in [1.165, 1.54) is 14.2 Å². The number of aryl methyl sites for hydroxylation is 1. The van der Waals surface area contributed by atoms with E-state index in [4.69, 9.17) is 9.84 Å². The number of carboxylic acids is 1. The SMILES string of the molecule is COc1cc(C)nc(NC(=O)N(C)CC(=O)O)n1. The van der Waals surface area contributed by atoms with Gasteiger partial charge in [0.15, 0.2) is 0 Å². The maximum absolute atomic E-state index is 11.6. The Balaban J connectivity index is 2.75. The summed E-state index contributed by atoms with van der Waals surface area (Å²) in [5, 5.41) is 10.9. The topological polar surface area (TPSA) is 105 Å². The molecule has 1 rings (SSSR count). The number of nitrogens with one attached hydrogen (secondary N) is 1. The molecule has 8 nitrogen and oxygen atoms in total. The quantitative estimate of drug-likeness (QED) is 0.802. The number of aliphatic carboxylic acids is 1. The van der Waals surface area contributed by atoms with E-state index in [0.717, 1.165) is 4.90 Å². The maximum Gasteiger partial charge on any atom is 0.324 e. The number of urea groups is 1. The smallest absolute Gasteiger partial charge is 0.324 e. The number of ether oxygens (including phenoxy) is 1. The Morgan fingerprint density at radius 3 is 2.72 bits per heavy atom. The number of amides is 2. The number of carbonyl (C=O) groups excluding carboxylic acids is 1. The summed E-state index contributed by atoms with van der Waals surface area (Å²) in [5.41, 5.74) is 0.623. The van der Waals surface area contributed by atoms with Gasteiger partial charge in [0.05, 0.1) is 7.11 Å². The molecule has 98 valence electrons. The largest absolute Gasteiger partial charge is 0.481 e. The van der Waals surface area contributed by atoms with E-state index < -0.39 is 18.5 Å². The number of aromatic nitrogens is 2. The van der Waals surface area contributed by atoms with E-state index in [1.807, 2.05) is 0 Å². The van der Waals surface area contributed by atoms with Crippen molar-refractivity contribution in [1.82, 2.24) is 14.9 Å². The summed E-state index contributed by atoms with van der Waals surface area (Å²) >= 11 is 0. The lowest BCUT2D eigenvalue weighted by molar-refractivity contribution is -0.137. The minimum absolute atomic E-state index is 0.0640. The lowest BCUT2D eigenvalue weighted by atomic mass is 10.4. The molecule has 0 aromatic carbocycles. The van der Waals surface area contributed by atoms with E-state index in [0.29, 0.717) is 11.6 Å². The Bertz CT molecular complexity index is 463. The number of carbonyl (C=O) groups is 2. The molecule has 0 aliphatic rings. The fraction of sp³-hybridized carbons (Fsp3) is 0.400. The molecule has 1 aromatic heterocycles. The van der Waals surface area contributed by atoms with Crippen LogP contribution in [0.5, 0.6) is 5.88 Å². The summed E-state index contributed by atoms with van der Waals surface area (Å²) in [7, 11) is 2.81. The summed E-state index contributed by atoms with van der Waals surface area (Å²) in [6.45, 7) is 1.32. The van der Waals surface area contributed by atoms with Gasteiger partial charge in [0, 0.05) is 18.8 Å². The molecule has 0 unspecified atom stereocenters. The average Bonchev–Trinajstić information content (AvgIpc) is 2.27. The molecular formula is C10H14N4O4. The van der Waals surface area contributed by atoms with Gasteiger partial charge in [-0.05, 0) is 6.92 Å². The minimum atomic E-state index is -1.10. The van der Waals surface area contributed by atoms with E-state index >= 15 is 0 Å². The van der Waals surface area contributed by atoms with Crippen LogP contribution in [0.2, 0.25) is 0 Å². The van der Waals surface area contributed by atoms with Gasteiger partial charge in [-0.25, -0.2) is 9.78 Å². The first-order valence-corrected chi connectivity index (χ1v) is 5.06. The third kappa shape index (κ3) is 3.89. The van der Waals surface area contributed by atoms with Crippen molar-refractivity contribution in [3.63, 3.8) is 0 Å². The minimum Gasteiger partial charge on any atom is -0.481 e. The van der Waals surface area contributed by atoms with Crippen LogP contribution in [-0.2, 0) is 4.79 Å². The normalized spacial score (nSPS) is 9.72. The molecule has 0 radical (unpaired) electrons. The van der Waals surface area contributed by atoms with E-state index in [2.05, 4.69) is 15.3 Å². The number of carboxylic acid groups (broad SMARTS) is 1. The predicted octanol–water partition coefficient (Wildman–Crippen LogP) is 0.342. The fourth-order valence-electron chi connectivity index (χ4n) is 1.17. The van der Waals surface area contributed by atoms with E-state index in [-0.39, 0.29) is 5.95 Å². The zero-order valence-corrected chi connectivity index (χ0v) is 10.3. The summed E-state index contributed by atoms with van der Waals surface area (Å²) in [6.07, 6.45) is 0. The Morgan fingerprint density at radius 1 is 1.50 bits per heavy atom. The van der Waals surface area contributed by atoms with Gasteiger partial charge >= 0.3 is 12.0 Å². The first-order chi connectivity index (χ1) is 8.42. The molecule has 2 amide bonds. The van der Waals surface area contributed by atoms with Crippen molar-refractivity contribution in [3.8, 4) is 5.88 Å². The van der Waals surface area contributed by atoms with Crippen molar-refractivity contribution in [2.75, 3.05) is 26.0 Å². The Kier molecular flexibility index (Phi) is 4.41. The number of likely N-dealkylation sites (N-methyl/N-ethyl adjacent to an activating group) is 1. The van der Waals surface area contributed by atoms with Crippen LogP contribution in [0.15, 0.2) is 6.07 Å². The van der Waals surface area contributed by atoms with Crippen molar-refractivity contribution in [2.45, 2.75) is 6.92 Å². The van der Waals surface area contributed by atoms with Crippen molar-refractivity contribution in [2.24, 2.45) is 0 Å². The van der Waals surface area contributed by atoms with Crippen molar-refractivity contribution < 1.29 is 19.4 Å². The van der Waals surface area contributed by atoms with Crippen LogP contribution >= 0.6 is 0 Å². The molecule has 8 heteroatoms. The highest BCUT2D eigenvalue weighted by Gasteiger charge is 2.13. The first kappa shape index (κ1) is 13.7. The van der Waals surface area contributed by atoms with Crippen LogP contribution in [0.3, 0.4) is 0 Å². The number of rotatable bonds is 4. The first-order valence-electron chi connectivity index (χ1n) is 5.06. The monoisotopic (exact) mass is 254 g/mol. The number of methoxy groups -OCH3 is 1. The number of nitrogens with zero attached hydrogens (tertiary/aromatic N) is 3. The van der Waals surface area contributed by atoms with Gasteiger partial charge in [-0.2, -0.15) is 4.98 Å². The van der Waals surface area contributed by atoms with Gasteiger partial charge in [-0.15, -0.1) is 0 Å². The average molecular weight is 254 g/mol. The van der Waals surface area contributed by atoms with Crippen molar-refractivity contribution in [3.05, 3.63) is 11.8 Å². The van der Waals surface area contributed by atoms with Crippen LogP contribution < -0.4 is 10.1 Å². The molecule has 2 N–H and O–H groups in total. The zero-order chi connectivity index (χ0) is 13.7. The Morgan fingerprint density at radius 2 is 2.17 bits per heavy atom. The molecule has 0 spiro atoms. The Hall–Kier alpha value is -2.38. The third-order valence-electron chi connectivity index (χ3n) is 1.98. The highest BCUT2D eigenvalue weighted by atomic mass is 16.5. The van der Waals surface area contributed by atoms with Gasteiger partial charge in [0.25, 0.3) is 0 Å². The summed E-state index contributed by atoms with van der Waals surface area (Å²) in [6, 6.07) is 1.00. The van der Waals surface area contributed by atoms with Crippen LogP contribution in [0.25, 0.3) is 0 Å². The molecule has 0 aliphatic carbocycles. The lowest BCUT2D eigenvalue weighted by Crippen LogP contribution is -2.35. The Labute approximate surface area is 104 Å². The number of anilines is 1. The van der Waals surface area contributed by atoms with Crippen LogP contribution in [0.1, 0.15) is 5.69 Å². The summed E-state index contributed by atoms with van der Waals surface area (Å²) in [4.78, 5) is 30.9. The fourth-order valence-corrected chi connectivity index (χ4v) is 1.17. The molecule has 0 aliphatic heterocycles. The number of hydrogen-bond acceptors (Lipinski definition) is 5. The molecule has 0 saturated heterocycles. The van der Waals surface area contributed by atoms with Gasteiger partial charge < -0.3 is 14.7 Å². The van der Waals surface area contributed by atoms with Gasteiger partial charge in [-0.3, -0.25) is 10.1 Å². The molecule has 18 heavy (non-hydrogen) atoms. The van der Waals surface area contributed by atoms with Crippen LogP contribution in [0, 0.1) is 6.92 Å². The molecule has 0 saturated carbocycles. The second-order valence-electron chi connectivity index (χ2n) is 3.56. The second-order valence-corrected chi connectivity index (χ2v) is 3.56. The maximum atomic E-state index is 11.6. The highest BCUT2D eigenvalue weighted by molar-refractivity contribution is 5.89. The van der Waals surface area contributed by atoms with Crippen molar-refractivity contribution >= 4 is 17.9 Å². The molecule has 1 heterocycles. The summed E-state index contributed by atoms with van der Waals surface area (Å²) in [5.74, 6) is -0.719. The third-order valence-corrected chi connectivity index (χ3v) is 1.98. The zero-order valence-electron chi connectivity index (χ0n) is 10.3. The lowest BCUT2D eigenvalue weighted by Gasteiger charge is -2.14. The number of hydrogen-bond donors (Lipinski definition) is 2. The summed E-state index contributed by atoms with van der Waals surface area (Å²) < 4.78 is 4.93. The van der Waals surface area contributed by atoms with Gasteiger partial charge in [-0.1, -0.05) is 0 Å². The van der Waals surface area contributed by atoms with Crippen LogP contribution in [0.4, 0.5) is 10.7 Å². The van der Waals surface area contributed by atoms with E-state index in [1.54, 1.807) is 13.0 Å². The molecule has 0 bridgehead atoms. The molecule has 0 atom stereocenters. The highest BCUT2D eigenvalue weighted by Crippen LogP contribution is 2.11. The molecule has 1 aromatic rings. The van der Waals surface area contributed by atoms with Gasteiger partial charge in [0.1, 0.15) is 6.54 Å². The van der Waals surface area contributed by atoms with Crippen molar-refractivity contribution in [1.29, 1.82) is 0 Å². The second kappa shape index (κ2) is 5.80.